The standard InChI is InChI=1S/C13H18BrN3/c1-9-7-12(9)17-13(15-2)16-8-10-3-5-11(14)6-4-10/h3-6,9,12H,7-8H2,1-2H3,(H2,15,16,17). The maximum Gasteiger partial charge on any atom is 0.191 e. The van der Waals surface area contributed by atoms with Crippen LogP contribution in [-0.2, 0) is 6.54 Å². The molecule has 4 heteroatoms. The first-order valence-corrected chi connectivity index (χ1v) is 6.70. The summed E-state index contributed by atoms with van der Waals surface area (Å²) in [6, 6.07) is 8.91. The van der Waals surface area contributed by atoms with Crippen molar-refractivity contribution in [2.45, 2.75) is 25.9 Å². The van der Waals surface area contributed by atoms with Crippen LogP contribution in [0.15, 0.2) is 33.7 Å². The fourth-order valence-corrected chi connectivity index (χ4v) is 1.95. The molecule has 0 amide bonds. The fraction of sp³-hybridized carbons (Fsp3) is 0.462. The Bertz CT molecular complexity index is 400. The Kier molecular flexibility index (Phi) is 4.05. The van der Waals surface area contributed by atoms with Gasteiger partial charge in [-0.2, -0.15) is 0 Å². The van der Waals surface area contributed by atoms with Gasteiger partial charge < -0.3 is 10.6 Å². The summed E-state index contributed by atoms with van der Waals surface area (Å²) in [4.78, 5) is 4.22. The minimum atomic E-state index is 0.603. The molecule has 1 saturated carbocycles. The van der Waals surface area contributed by atoms with Crippen LogP contribution in [-0.4, -0.2) is 19.0 Å². The summed E-state index contributed by atoms with van der Waals surface area (Å²) in [7, 11) is 1.81. The first-order valence-electron chi connectivity index (χ1n) is 5.90. The molecule has 0 radical (unpaired) electrons. The van der Waals surface area contributed by atoms with Crippen molar-refractivity contribution in [3.8, 4) is 0 Å². The quantitative estimate of drug-likeness (QED) is 0.664. The van der Waals surface area contributed by atoms with Crippen LogP contribution in [0.4, 0.5) is 0 Å². The second kappa shape index (κ2) is 5.54. The molecule has 2 rings (SSSR count). The molecule has 2 unspecified atom stereocenters. The fourth-order valence-electron chi connectivity index (χ4n) is 1.68. The lowest BCUT2D eigenvalue weighted by molar-refractivity contribution is 0.763. The van der Waals surface area contributed by atoms with Crippen molar-refractivity contribution in [2.75, 3.05) is 7.05 Å². The van der Waals surface area contributed by atoms with Crippen molar-refractivity contribution >= 4 is 21.9 Å². The Hall–Kier alpha value is -1.03. The molecule has 0 saturated heterocycles. The Balaban J connectivity index is 1.81. The molecule has 1 aromatic carbocycles. The summed E-state index contributed by atoms with van der Waals surface area (Å²) < 4.78 is 1.11. The van der Waals surface area contributed by atoms with Crippen molar-refractivity contribution in [2.24, 2.45) is 10.9 Å². The van der Waals surface area contributed by atoms with E-state index in [0.717, 1.165) is 22.9 Å². The molecule has 3 nitrogen and oxygen atoms in total. The first-order chi connectivity index (χ1) is 8.19. The van der Waals surface area contributed by atoms with Crippen LogP contribution in [0.5, 0.6) is 0 Å². The molecule has 1 aliphatic carbocycles. The number of nitrogens with one attached hydrogen (secondary N) is 2. The van der Waals surface area contributed by atoms with Gasteiger partial charge in [-0.05, 0) is 30.0 Å². The van der Waals surface area contributed by atoms with Crippen LogP contribution in [0.25, 0.3) is 0 Å². The number of nitrogens with zero attached hydrogens (tertiary/aromatic N) is 1. The van der Waals surface area contributed by atoms with E-state index in [1.807, 2.05) is 7.05 Å². The molecular formula is C13H18BrN3. The van der Waals surface area contributed by atoms with E-state index < -0.39 is 0 Å². The van der Waals surface area contributed by atoms with Crippen LogP contribution in [0.2, 0.25) is 0 Å². The lowest BCUT2D eigenvalue weighted by atomic mass is 10.2. The van der Waals surface area contributed by atoms with Crippen LogP contribution >= 0.6 is 15.9 Å². The number of benzene rings is 1. The van der Waals surface area contributed by atoms with Crippen LogP contribution < -0.4 is 10.6 Å². The number of halogens is 1. The van der Waals surface area contributed by atoms with Gasteiger partial charge in [-0.1, -0.05) is 35.0 Å². The molecular weight excluding hydrogens is 278 g/mol. The molecule has 0 bridgehead atoms. The topological polar surface area (TPSA) is 36.4 Å². The van der Waals surface area contributed by atoms with E-state index >= 15 is 0 Å². The van der Waals surface area contributed by atoms with E-state index in [9.17, 15) is 0 Å². The Labute approximate surface area is 111 Å². The number of guanidine groups is 1. The summed E-state index contributed by atoms with van der Waals surface area (Å²) in [5.41, 5.74) is 1.25. The third-order valence-electron chi connectivity index (χ3n) is 3.03. The van der Waals surface area contributed by atoms with Crippen molar-refractivity contribution in [1.82, 2.24) is 10.6 Å². The van der Waals surface area contributed by atoms with E-state index in [4.69, 9.17) is 0 Å². The molecule has 0 spiro atoms. The predicted molar refractivity (Wildman–Crippen MR) is 75.0 cm³/mol. The summed E-state index contributed by atoms with van der Waals surface area (Å²) in [5, 5.41) is 6.72. The van der Waals surface area contributed by atoms with E-state index in [1.165, 1.54) is 12.0 Å². The van der Waals surface area contributed by atoms with Gasteiger partial charge in [-0.15, -0.1) is 0 Å². The van der Waals surface area contributed by atoms with Crippen molar-refractivity contribution in [3.63, 3.8) is 0 Å². The summed E-state index contributed by atoms with van der Waals surface area (Å²) >= 11 is 3.43. The smallest absolute Gasteiger partial charge is 0.191 e. The Morgan fingerprint density at radius 1 is 1.41 bits per heavy atom. The molecule has 0 heterocycles. The SMILES string of the molecule is CN=C(NCc1ccc(Br)cc1)NC1CC1C. The van der Waals surface area contributed by atoms with Crippen LogP contribution in [0.3, 0.4) is 0 Å². The highest BCUT2D eigenvalue weighted by atomic mass is 79.9. The zero-order valence-electron chi connectivity index (χ0n) is 10.2. The highest BCUT2D eigenvalue weighted by Crippen LogP contribution is 2.28. The number of aliphatic imine (C=N–C) groups is 1. The third-order valence-corrected chi connectivity index (χ3v) is 3.56. The number of hydrogen-bond acceptors (Lipinski definition) is 1. The van der Waals surface area contributed by atoms with E-state index in [2.05, 4.69) is 62.7 Å². The summed E-state index contributed by atoms with van der Waals surface area (Å²) in [5.74, 6) is 1.67. The zero-order valence-corrected chi connectivity index (χ0v) is 11.8. The second-order valence-corrected chi connectivity index (χ2v) is 5.43. The molecule has 92 valence electrons. The van der Waals surface area contributed by atoms with Gasteiger partial charge in [0.1, 0.15) is 0 Å². The molecule has 2 atom stereocenters. The first kappa shape index (κ1) is 12.4. The Morgan fingerprint density at radius 2 is 2.06 bits per heavy atom. The maximum atomic E-state index is 4.22. The predicted octanol–water partition coefficient (Wildman–Crippen LogP) is 2.52. The monoisotopic (exact) mass is 295 g/mol. The second-order valence-electron chi connectivity index (χ2n) is 4.52. The van der Waals surface area contributed by atoms with Gasteiger partial charge >= 0.3 is 0 Å². The van der Waals surface area contributed by atoms with Gasteiger partial charge in [0.2, 0.25) is 0 Å². The van der Waals surface area contributed by atoms with Crippen molar-refractivity contribution in [1.29, 1.82) is 0 Å². The van der Waals surface area contributed by atoms with Crippen LogP contribution in [0.1, 0.15) is 18.9 Å². The van der Waals surface area contributed by atoms with E-state index in [-0.39, 0.29) is 0 Å². The van der Waals surface area contributed by atoms with E-state index in [1.54, 1.807) is 0 Å². The Morgan fingerprint density at radius 3 is 2.59 bits per heavy atom. The molecule has 0 aromatic heterocycles. The number of rotatable bonds is 3. The van der Waals surface area contributed by atoms with Gasteiger partial charge in [0.25, 0.3) is 0 Å². The minimum Gasteiger partial charge on any atom is -0.353 e. The molecule has 1 aliphatic rings. The van der Waals surface area contributed by atoms with Crippen molar-refractivity contribution in [3.05, 3.63) is 34.3 Å². The van der Waals surface area contributed by atoms with Gasteiger partial charge in [0, 0.05) is 24.1 Å². The van der Waals surface area contributed by atoms with Gasteiger partial charge in [0.15, 0.2) is 5.96 Å². The minimum absolute atomic E-state index is 0.603. The van der Waals surface area contributed by atoms with E-state index in [0.29, 0.717) is 6.04 Å². The molecule has 17 heavy (non-hydrogen) atoms. The zero-order chi connectivity index (χ0) is 12.3. The molecule has 1 fully saturated rings. The third kappa shape index (κ3) is 3.73. The summed E-state index contributed by atoms with van der Waals surface area (Å²) in [6.45, 7) is 3.05. The summed E-state index contributed by atoms with van der Waals surface area (Å²) in [6.07, 6.45) is 1.25. The molecule has 1 aromatic rings. The molecule has 2 N–H and O–H groups in total. The maximum absolute atomic E-state index is 4.22. The highest BCUT2D eigenvalue weighted by molar-refractivity contribution is 9.10. The van der Waals surface area contributed by atoms with Crippen molar-refractivity contribution < 1.29 is 0 Å². The normalized spacial score (nSPS) is 23.4. The molecule has 0 aliphatic heterocycles. The number of hydrogen-bond donors (Lipinski definition) is 2. The highest BCUT2D eigenvalue weighted by Gasteiger charge is 2.33. The lowest BCUT2D eigenvalue weighted by Gasteiger charge is -2.11. The largest absolute Gasteiger partial charge is 0.353 e. The van der Waals surface area contributed by atoms with Gasteiger partial charge in [-0.3, -0.25) is 4.99 Å². The average Bonchev–Trinajstić information content (AvgIpc) is 3.02. The van der Waals surface area contributed by atoms with Crippen LogP contribution in [0, 0.1) is 5.92 Å². The average molecular weight is 296 g/mol. The van der Waals surface area contributed by atoms with Gasteiger partial charge in [-0.25, -0.2) is 0 Å². The lowest BCUT2D eigenvalue weighted by Crippen LogP contribution is -2.38. The van der Waals surface area contributed by atoms with Gasteiger partial charge in [0.05, 0.1) is 0 Å².